The highest BCUT2D eigenvalue weighted by atomic mass is 16.5. The largest absolute Gasteiger partial charge is 0.426 e. The smallest absolute Gasteiger partial charge is 0.316 e. The second-order valence-electron chi connectivity index (χ2n) is 12.4. The summed E-state index contributed by atoms with van der Waals surface area (Å²) in [6, 6.07) is 28.7. The Morgan fingerprint density at radius 1 is 0.727 bits per heavy atom. The number of anilines is 2. The fourth-order valence-electron chi connectivity index (χ4n) is 8.02. The number of benzene rings is 4. The first-order valence-electron chi connectivity index (χ1n) is 15.1. The van der Waals surface area contributed by atoms with Crippen LogP contribution in [0.1, 0.15) is 51.6 Å². The molecule has 3 amide bonds. The topological polar surface area (TPSA) is 84.0 Å². The fourth-order valence-corrected chi connectivity index (χ4v) is 8.02. The van der Waals surface area contributed by atoms with Crippen LogP contribution in [0, 0.1) is 31.6 Å². The van der Waals surface area contributed by atoms with Crippen LogP contribution in [0.3, 0.4) is 0 Å². The number of nitrogens with zero attached hydrogens (tertiary/aromatic N) is 2. The zero-order chi connectivity index (χ0) is 30.3. The summed E-state index contributed by atoms with van der Waals surface area (Å²) >= 11 is 0. The Kier molecular flexibility index (Phi) is 5.88. The molecule has 3 atom stereocenters. The first-order chi connectivity index (χ1) is 21.3. The summed E-state index contributed by atoms with van der Waals surface area (Å²) in [4.78, 5) is 57.3. The molecular formula is C37H30N2O5. The number of rotatable bonds is 4. The number of carbonyl (C=O) groups is 4. The third-order valence-corrected chi connectivity index (χ3v) is 9.84. The first-order valence-corrected chi connectivity index (χ1v) is 15.1. The summed E-state index contributed by atoms with van der Waals surface area (Å²) in [5.41, 5.74) is 7.71. The van der Waals surface area contributed by atoms with Gasteiger partial charge in [0.25, 0.3) is 0 Å². The molecule has 0 unspecified atom stereocenters. The molecule has 218 valence electrons. The van der Waals surface area contributed by atoms with E-state index in [1.807, 2.05) is 56.3 Å². The zero-order valence-electron chi connectivity index (χ0n) is 24.4. The number of imide groups is 1. The molecule has 9 rings (SSSR count). The standard InChI is InChI=1S/C37H30N2O5/c1-20-14-15-29(21(2)16-20)38-19-22(17-30(38)40)37(43)44-24-9-7-8-23(18-24)39-35(41)33-31-25-10-3-4-11-26(25)32(34(33)36(39)42)28-13-6-5-12-27(28)31/h3-16,18,22,31-34H,17,19H2,1-2H3/t22-,31?,32?,33-,34-/m1/s1. The van der Waals surface area contributed by atoms with Gasteiger partial charge < -0.3 is 9.64 Å². The molecule has 5 aliphatic rings. The van der Waals surface area contributed by atoms with E-state index < -0.39 is 23.7 Å². The number of hydrogen-bond donors (Lipinski definition) is 0. The second kappa shape index (κ2) is 9.74. The predicted molar refractivity (Wildman–Crippen MR) is 164 cm³/mol. The van der Waals surface area contributed by atoms with Gasteiger partial charge in [-0.05, 0) is 59.9 Å². The highest BCUT2D eigenvalue weighted by Crippen LogP contribution is 2.61. The van der Waals surface area contributed by atoms with Crippen LogP contribution in [-0.2, 0) is 19.2 Å². The lowest BCUT2D eigenvalue weighted by atomic mass is 9.55. The minimum atomic E-state index is -0.627. The van der Waals surface area contributed by atoms with Crippen LogP contribution in [0.5, 0.6) is 5.75 Å². The van der Waals surface area contributed by atoms with E-state index in [-0.39, 0.29) is 48.3 Å². The summed E-state index contributed by atoms with van der Waals surface area (Å²) < 4.78 is 5.76. The lowest BCUT2D eigenvalue weighted by molar-refractivity contribution is -0.139. The third kappa shape index (κ3) is 3.81. The van der Waals surface area contributed by atoms with Crippen molar-refractivity contribution < 1.29 is 23.9 Å². The quantitative estimate of drug-likeness (QED) is 0.176. The maximum Gasteiger partial charge on any atom is 0.316 e. The van der Waals surface area contributed by atoms with Crippen LogP contribution in [0.25, 0.3) is 0 Å². The van der Waals surface area contributed by atoms with Gasteiger partial charge in [0.1, 0.15) is 5.75 Å². The highest BCUT2D eigenvalue weighted by Gasteiger charge is 2.61. The lowest BCUT2D eigenvalue weighted by Gasteiger charge is -2.45. The molecular weight excluding hydrogens is 552 g/mol. The molecule has 0 spiro atoms. The minimum Gasteiger partial charge on any atom is -0.426 e. The maximum atomic E-state index is 14.1. The third-order valence-electron chi connectivity index (χ3n) is 9.84. The summed E-state index contributed by atoms with van der Waals surface area (Å²) in [6.07, 6.45) is 0.0577. The molecule has 2 bridgehead atoms. The number of esters is 1. The summed E-state index contributed by atoms with van der Waals surface area (Å²) in [6.45, 7) is 4.18. The van der Waals surface area contributed by atoms with Gasteiger partial charge in [-0.25, -0.2) is 4.90 Å². The van der Waals surface area contributed by atoms with Crippen molar-refractivity contribution in [2.45, 2.75) is 32.1 Å². The van der Waals surface area contributed by atoms with Crippen molar-refractivity contribution >= 4 is 35.1 Å². The first kappa shape index (κ1) is 26.6. The molecule has 4 aromatic carbocycles. The van der Waals surface area contributed by atoms with Crippen LogP contribution >= 0.6 is 0 Å². The van der Waals surface area contributed by atoms with Crippen LogP contribution < -0.4 is 14.5 Å². The minimum absolute atomic E-state index is 0.0577. The number of amides is 3. The fraction of sp³-hybridized carbons (Fsp3) is 0.243. The maximum absolute atomic E-state index is 14.1. The van der Waals surface area contributed by atoms with Gasteiger partial charge in [0.2, 0.25) is 17.7 Å². The Labute approximate surface area is 255 Å². The van der Waals surface area contributed by atoms with Gasteiger partial charge >= 0.3 is 5.97 Å². The van der Waals surface area contributed by atoms with Crippen LogP contribution in [-0.4, -0.2) is 30.2 Å². The number of ether oxygens (including phenoxy) is 1. The number of carbonyl (C=O) groups excluding carboxylic acids is 4. The molecule has 2 saturated heterocycles. The normalized spacial score (nSPS) is 24.8. The van der Waals surface area contributed by atoms with Crippen LogP contribution in [0.15, 0.2) is 91.0 Å². The van der Waals surface area contributed by atoms with Gasteiger partial charge in [0.15, 0.2) is 0 Å². The van der Waals surface area contributed by atoms with Gasteiger partial charge in [0.05, 0.1) is 23.4 Å². The Morgan fingerprint density at radius 3 is 1.89 bits per heavy atom. The van der Waals surface area contributed by atoms with Gasteiger partial charge in [-0.3, -0.25) is 19.2 Å². The van der Waals surface area contributed by atoms with E-state index >= 15 is 0 Å². The Balaban J connectivity index is 1.06. The van der Waals surface area contributed by atoms with Crippen molar-refractivity contribution in [3.05, 3.63) is 124 Å². The van der Waals surface area contributed by atoms with Crippen molar-refractivity contribution in [1.82, 2.24) is 0 Å². The van der Waals surface area contributed by atoms with Gasteiger partial charge in [0, 0.05) is 36.6 Å². The van der Waals surface area contributed by atoms with Crippen molar-refractivity contribution in [3.63, 3.8) is 0 Å². The molecule has 0 aromatic heterocycles. The van der Waals surface area contributed by atoms with Crippen molar-refractivity contribution in [2.75, 3.05) is 16.3 Å². The average molecular weight is 583 g/mol. The van der Waals surface area contributed by atoms with E-state index in [1.54, 1.807) is 29.2 Å². The number of aryl methyl sites for hydroxylation is 2. The molecule has 0 radical (unpaired) electrons. The number of hydrogen-bond acceptors (Lipinski definition) is 5. The molecule has 3 aliphatic carbocycles. The van der Waals surface area contributed by atoms with E-state index in [0.29, 0.717) is 5.69 Å². The molecule has 7 heteroatoms. The molecule has 0 N–H and O–H groups in total. The Hall–Kier alpha value is -5.04. The highest BCUT2D eigenvalue weighted by molar-refractivity contribution is 6.23. The Morgan fingerprint density at radius 2 is 1.32 bits per heavy atom. The van der Waals surface area contributed by atoms with E-state index in [1.165, 1.54) is 4.90 Å². The molecule has 2 heterocycles. The lowest BCUT2D eigenvalue weighted by Crippen LogP contribution is -2.41. The van der Waals surface area contributed by atoms with Crippen molar-refractivity contribution in [1.29, 1.82) is 0 Å². The van der Waals surface area contributed by atoms with Gasteiger partial charge in [-0.2, -0.15) is 0 Å². The molecule has 0 saturated carbocycles. The molecule has 4 aromatic rings. The van der Waals surface area contributed by atoms with E-state index in [2.05, 4.69) is 24.3 Å². The predicted octanol–water partition coefficient (Wildman–Crippen LogP) is 5.66. The summed E-state index contributed by atoms with van der Waals surface area (Å²) in [5.74, 6) is -2.87. The molecule has 44 heavy (non-hydrogen) atoms. The van der Waals surface area contributed by atoms with Crippen LogP contribution in [0.4, 0.5) is 11.4 Å². The van der Waals surface area contributed by atoms with E-state index in [9.17, 15) is 19.2 Å². The van der Waals surface area contributed by atoms with E-state index in [0.717, 1.165) is 39.1 Å². The van der Waals surface area contributed by atoms with Crippen molar-refractivity contribution in [3.8, 4) is 5.75 Å². The Bertz CT molecular complexity index is 1800. The average Bonchev–Trinajstić information content (AvgIpc) is 3.54. The molecule has 2 fully saturated rings. The summed E-state index contributed by atoms with van der Waals surface area (Å²) in [7, 11) is 0. The van der Waals surface area contributed by atoms with Crippen LogP contribution in [0.2, 0.25) is 0 Å². The SMILES string of the molecule is Cc1ccc(N2C[C@H](C(=O)Oc3cccc(N4C(=O)[C@@H]5C6c7ccccc7C(c7ccccc76)[C@H]5C4=O)c3)CC2=O)c(C)c1. The van der Waals surface area contributed by atoms with E-state index in [4.69, 9.17) is 4.74 Å². The molecule has 2 aliphatic heterocycles. The monoisotopic (exact) mass is 582 g/mol. The van der Waals surface area contributed by atoms with Gasteiger partial charge in [-0.15, -0.1) is 0 Å². The zero-order valence-corrected chi connectivity index (χ0v) is 24.4. The molecule has 7 nitrogen and oxygen atoms in total. The van der Waals surface area contributed by atoms with Gasteiger partial charge in [-0.1, -0.05) is 72.3 Å². The second-order valence-corrected chi connectivity index (χ2v) is 12.4. The van der Waals surface area contributed by atoms with Crippen molar-refractivity contribution in [2.24, 2.45) is 17.8 Å². The summed E-state index contributed by atoms with van der Waals surface area (Å²) in [5, 5.41) is 0.